The molecule has 1 saturated heterocycles. The van der Waals surface area contributed by atoms with Crippen LogP contribution in [0.1, 0.15) is 27.2 Å². The summed E-state index contributed by atoms with van der Waals surface area (Å²) in [5.74, 6) is 0.897. The Morgan fingerprint density at radius 2 is 1.89 bits per heavy atom. The molecule has 2 N–H and O–H groups in total. The number of nitrogens with zero attached hydrogens (tertiary/aromatic N) is 1. The van der Waals surface area contributed by atoms with Gasteiger partial charge >= 0.3 is 0 Å². The third-order valence-electron chi connectivity index (χ3n) is 2.73. The van der Waals surface area contributed by atoms with Crippen LogP contribution in [0.3, 0.4) is 0 Å². The molecule has 1 heterocycles. The molecule has 1 atom stereocenters. The fourth-order valence-electron chi connectivity index (χ4n) is 2.03. The quantitative estimate of drug-likeness (QED) is 0.870. The molecule has 1 aliphatic heterocycles. The molecule has 0 aromatic heterocycles. The average molecular weight is 248 g/mol. The standard InChI is InChI=1S/C14H20N2O2/c1-14(2,3)18-12-6-4-11(5-7-12)16-9-10(15)8-13(16)17/h4-7,10H,8-9,15H2,1-3H3. The molecule has 1 aromatic carbocycles. The topological polar surface area (TPSA) is 55.6 Å². The Balaban J connectivity index is 2.11. The van der Waals surface area contributed by atoms with Gasteiger partial charge in [0.05, 0.1) is 0 Å². The molecule has 4 nitrogen and oxygen atoms in total. The van der Waals surface area contributed by atoms with Crippen LogP contribution in [0.4, 0.5) is 5.69 Å². The van der Waals surface area contributed by atoms with Gasteiger partial charge in [0.15, 0.2) is 0 Å². The number of hydrogen-bond acceptors (Lipinski definition) is 3. The number of hydrogen-bond donors (Lipinski definition) is 1. The normalized spacial score (nSPS) is 20.3. The van der Waals surface area contributed by atoms with Crippen LogP contribution in [0, 0.1) is 0 Å². The maximum atomic E-state index is 11.7. The molecule has 1 amide bonds. The minimum absolute atomic E-state index is 0.0528. The zero-order valence-corrected chi connectivity index (χ0v) is 11.1. The largest absolute Gasteiger partial charge is 0.488 e. The maximum absolute atomic E-state index is 11.7. The van der Waals surface area contributed by atoms with E-state index in [1.807, 2.05) is 45.0 Å². The number of anilines is 1. The average Bonchev–Trinajstić information content (AvgIpc) is 2.57. The van der Waals surface area contributed by atoms with Crippen molar-refractivity contribution >= 4 is 11.6 Å². The third-order valence-corrected chi connectivity index (χ3v) is 2.73. The molecule has 98 valence electrons. The Hall–Kier alpha value is -1.55. The second kappa shape index (κ2) is 4.61. The summed E-state index contributed by atoms with van der Waals surface area (Å²) in [7, 11) is 0. The SMILES string of the molecule is CC(C)(C)Oc1ccc(N2CC(N)CC2=O)cc1. The van der Waals surface area contributed by atoms with Crippen LogP contribution in [-0.2, 0) is 4.79 Å². The van der Waals surface area contributed by atoms with Gasteiger partial charge in [-0.3, -0.25) is 4.79 Å². The van der Waals surface area contributed by atoms with Crippen LogP contribution in [-0.4, -0.2) is 24.1 Å². The van der Waals surface area contributed by atoms with Crippen LogP contribution in [0.2, 0.25) is 0 Å². The Bertz CT molecular complexity index is 434. The van der Waals surface area contributed by atoms with Gasteiger partial charge in [0.1, 0.15) is 11.4 Å². The van der Waals surface area contributed by atoms with Gasteiger partial charge in [0, 0.05) is 24.7 Å². The van der Waals surface area contributed by atoms with E-state index >= 15 is 0 Å². The zero-order valence-electron chi connectivity index (χ0n) is 11.1. The predicted octanol–water partition coefficient (Wildman–Crippen LogP) is 1.93. The first-order chi connectivity index (χ1) is 8.35. The molecule has 2 rings (SSSR count). The van der Waals surface area contributed by atoms with E-state index < -0.39 is 0 Å². The molecule has 1 aromatic rings. The summed E-state index contributed by atoms with van der Waals surface area (Å²) in [4.78, 5) is 13.4. The molecule has 1 fully saturated rings. The Labute approximate surface area is 108 Å². The first-order valence-corrected chi connectivity index (χ1v) is 6.20. The van der Waals surface area contributed by atoms with E-state index in [4.69, 9.17) is 10.5 Å². The summed E-state index contributed by atoms with van der Waals surface area (Å²) in [5, 5.41) is 0. The monoisotopic (exact) mass is 248 g/mol. The number of carbonyl (C=O) groups excluding carboxylic acids is 1. The zero-order chi connectivity index (χ0) is 13.3. The number of ether oxygens (including phenoxy) is 1. The summed E-state index contributed by atoms with van der Waals surface area (Å²) < 4.78 is 5.74. The lowest BCUT2D eigenvalue weighted by Crippen LogP contribution is -2.28. The minimum atomic E-state index is -0.215. The molecule has 18 heavy (non-hydrogen) atoms. The van der Waals surface area contributed by atoms with E-state index in [1.165, 1.54) is 0 Å². The lowest BCUT2D eigenvalue weighted by atomic mass is 10.2. The number of amides is 1. The van der Waals surface area contributed by atoms with Gasteiger partial charge in [-0.05, 0) is 45.0 Å². The van der Waals surface area contributed by atoms with Crippen molar-refractivity contribution in [1.29, 1.82) is 0 Å². The van der Waals surface area contributed by atoms with Gasteiger partial charge in [-0.1, -0.05) is 0 Å². The van der Waals surface area contributed by atoms with Crippen LogP contribution >= 0.6 is 0 Å². The van der Waals surface area contributed by atoms with Crippen LogP contribution in [0.25, 0.3) is 0 Å². The second-order valence-electron chi connectivity index (χ2n) is 5.68. The lowest BCUT2D eigenvalue weighted by molar-refractivity contribution is -0.117. The van der Waals surface area contributed by atoms with E-state index in [9.17, 15) is 4.79 Å². The first kappa shape index (κ1) is 12.9. The Kier molecular flexibility index (Phi) is 3.30. The van der Waals surface area contributed by atoms with Gasteiger partial charge in [-0.2, -0.15) is 0 Å². The Morgan fingerprint density at radius 1 is 1.28 bits per heavy atom. The highest BCUT2D eigenvalue weighted by Crippen LogP contribution is 2.25. The van der Waals surface area contributed by atoms with Gasteiger partial charge < -0.3 is 15.4 Å². The highest BCUT2D eigenvalue weighted by molar-refractivity contribution is 5.96. The van der Waals surface area contributed by atoms with Gasteiger partial charge in [0.2, 0.25) is 5.91 Å². The first-order valence-electron chi connectivity index (χ1n) is 6.20. The van der Waals surface area contributed by atoms with Crippen molar-refractivity contribution in [3.63, 3.8) is 0 Å². The van der Waals surface area contributed by atoms with Crippen LogP contribution in [0.15, 0.2) is 24.3 Å². The predicted molar refractivity (Wildman–Crippen MR) is 71.8 cm³/mol. The fourth-order valence-corrected chi connectivity index (χ4v) is 2.03. The smallest absolute Gasteiger partial charge is 0.228 e. The molecule has 1 aliphatic rings. The summed E-state index contributed by atoms with van der Waals surface area (Å²) in [6.07, 6.45) is 0.431. The van der Waals surface area contributed by atoms with Crippen molar-refractivity contribution in [2.45, 2.75) is 38.8 Å². The molecule has 0 aliphatic carbocycles. The maximum Gasteiger partial charge on any atom is 0.228 e. The van der Waals surface area contributed by atoms with Crippen molar-refractivity contribution in [2.24, 2.45) is 5.73 Å². The van der Waals surface area contributed by atoms with Crippen molar-refractivity contribution in [3.05, 3.63) is 24.3 Å². The summed E-state index contributed by atoms with van der Waals surface area (Å²) >= 11 is 0. The summed E-state index contributed by atoms with van der Waals surface area (Å²) in [6, 6.07) is 7.52. The number of rotatable bonds is 2. The number of benzene rings is 1. The van der Waals surface area contributed by atoms with E-state index in [-0.39, 0.29) is 17.6 Å². The van der Waals surface area contributed by atoms with Gasteiger partial charge in [-0.15, -0.1) is 0 Å². The molecule has 0 saturated carbocycles. The third kappa shape index (κ3) is 3.01. The van der Waals surface area contributed by atoms with E-state index in [1.54, 1.807) is 4.90 Å². The van der Waals surface area contributed by atoms with E-state index in [2.05, 4.69) is 0 Å². The number of nitrogens with two attached hydrogens (primary N) is 1. The van der Waals surface area contributed by atoms with Crippen molar-refractivity contribution < 1.29 is 9.53 Å². The molecule has 0 radical (unpaired) electrons. The highest BCUT2D eigenvalue weighted by Gasteiger charge is 2.27. The molecule has 1 unspecified atom stereocenters. The second-order valence-corrected chi connectivity index (χ2v) is 5.68. The number of carbonyl (C=O) groups is 1. The van der Waals surface area contributed by atoms with Crippen molar-refractivity contribution in [2.75, 3.05) is 11.4 Å². The van der Waals surface area contributed by atoms with Gasteiger partial charge in [0.25, 0.3) is 0 Å². The van der Waals surface area contributed by atoms with Crippen molar-refractivity contribution in [3.8, 4) is 5.75 Å². The minimum Gasteiger partial charge on any atom is -0.488 e. The molecule has 0 spiro atoms. The molecular formula is C14H20N2O2. The van der Waals surface area contributed by atoms with Crippen LogP contribution in [0.5, 0.6) is 5.75 Å². The van der Waals surface area contributed by atoms with E-state index in [0.717, 1.165) is 11.4 Å². The lowest BCUT2D eigenvalue weighted by Gasteiger charge is -2.22. The summed E-state index contributed by atoms with van der Waals surface area (Å²) in [6.45, 7) is 6.61. The molecule has 4 heteroatoms. The molecule has 0 bridgehead atoms. The van der Waals surface area contributed by atoms with Crippen molar-refractivity contribution in [1.82, 2.24) is 0 Å². The highest BCUT2D eigenvalue weighted by atomic mass is 16.5. The molecular weight excluding hydrogens is 228 g/mol. The Morgan fingerprint density at radius 3 is 2.33 bits per heavy atom. The van der Waals surface area contributed by atoms with Crippen LogP contribution < -0.4 is 15.4 Å². The van der Waals surface area contributed by atoms with Gasteiger partial charge in [-0.25, -0.2) is 0 Å². The summed E-state index contributed by atoms with van der Waals surface area (Å²) in [5.41, 5.74) is 6.45. The fraction of sp³-hybridized carbons (Fsp3) is 0.500. The van der Waals surface area contributed by atoms with E-state index in [0.29, 0.717) is 13.0 Å².